The summed E-state index contributed by atoms with van der Waals surface area (Å²) in [5.74, 6) is -0.0859. The average molecular weight is 483 g/mol. The number of carbonyl (C=O) groups is 2. The number of nitrogens with zero attached hydrogens (tertiary/aromatic N) is 2. The highest BCUT2D eigenvalue weighted by Crippen LogP contribution is 2.60. The number of carbonyl (C=O) groups excluding carboxylic acids is 2. The first-order valence-electron chi connectivity index (χ1n) is 11.6. The van der Waals surface area contributed by atoms with Crippen LogP contribution in [0.5, 0.6) is 5.75 Å². The molecule has 2 aromatic rings. The third-order valence-electron chi connectivity index (χ3n) is 7.48. The van der Waals surface area contributed by atoms with Gasteiger partial charge in [0.25, 0.3) is 11.8 Å². The molecule has 5 rings (SSSR count). The van der Waals surface area contributed by atoms with Gasteiger partial charge in [0.2, 0.25) is 0 Å². The molecule has 3 aliphatic heterocycles. The van der Waals surface area contributed by atoms with E-state index in [1.165, 1.54) is 0 Å². The molecular weight excluding hydrogens is 452 g/mol. The highest BCUT2D eigenvalue weighted by atomic mass is 28.4. The van der Waals surface area contributed by atoms with Crippen LogP contribution < -0.4 is 14.5 Å². The summed E-state index contributed by atoms with van der Waals surface area (Å²) in [7, 11) is -1.03. The molecule has 0 bridgehead atoms. The highest BCUT2D eigenvalue weighted by molar-refractivity contribution is 6.71. The standard InChI is InChI=1S/C25H30N2O6Si/c1-15-23(34(3,4)31)21(11-12-28)33-25(15)17-13-16(9-10-18(17)26(2)24(25)30)27-19-7-5-6-8-20(19)32-14-22(27)29/h5-10,13,15,21,23,28,31H,11-12,14H2,1-4H3/t15-,21+,23-,25+/m0/s1. The number of hydrogen-bond acceptors (Lipinski definition) is 6. The Labute approximate surface area is 199 Å². The molecule has 2 N–H and O–H groups in total. The van der Waals surface area contributed by atoms with Crippen LogP contribution in [-0.4, -0.2) is 56.4 Å². The molecule has 0 aromatic heterocycles. The second-order valence-electron chi connectivity index (χ2n) is 9.92. The first-order chi connectivity index (χ1) is 16.1. The van der Waals surface area contributed by atoms with Crippen molar-refractivity contribution in [1.29, 1.82) is 0 Å². The van der Waals surface area contributed by atoms with Gasteiger partial charge in [-0.25, -0.2) is 0 Å². The predicted molar refractivity (Wildman–Crippen MR) is 130 cm³/mol. The van der Waals surface area contributed by atoms with Gasteiger partial charge in [0.05, 0.1) is 17.5 Å². The van der Waals surface area contributed by atoms with Gasteiger partial charge in [-0.05, 0) is 49.8 Å². The van der Waals surface area contributed by atoms with E-state index in [1.807, 2.05) is 62.5 Å². The normalized spacial score (nSPS) is 28.4. The van der Waals surface area contributed by atoms with Gasteiger partial charge in [0.1, 0.15) is 5.75 Å². The number of amides is 2. The number of aliphatic hydroxyl groups excluding tert-OH is 1. The van der Waals surface area contributed by atoms with Crippen LogP contribution in [0.25, 0.3) is 0 Å². The lowest BCUT2D eigenvalue weighted by atomic mass is 9.82. The fourth-order valence-corrected chi connectivity index (χ4v) is 8.70. The summed E-state index contributed by atoms with van der Waals surface area (Å²) >= 11 is 0. The van der Waals surface area contributed by atoms with Crippen LogP contribution in [0, 0.1) is 5.92 Å². The molecule has 0 radical (unpaired) electrons. The van der Waals surface area contributed by atoms with Crippen molar-refractivity contribution >= 4 is 37.2 Å². The SMILES string of the molecule is C[C@H]1[C@H]([Si](C)(C)O)[C@@H](CCO)O[C@]12C(=O)N(C)c1ccc(N3C(=O)COc4ccccc43)cc12. The summed E-state index contributed by atoms with van der Waals surface area (Å²) in [4.78, 5) is 41.0. The van der Waals surface area contributed by atoms with Crippen LogP contribution in [0.15, 0.2) is 42.5 Å². The van der Waals surface area contributed by atoms with E-state index in [4.69, 9.17) is 9.47 Å². The number of anilines is 3. The fourth-order valence-electron chi connectivity index (χ4n) is 6.09. The summed E-state index contributed by atoms with van der Waals surface area (Å²) in [5, 5.41) is 9.68. The molecule has 3 aliphatic rings. The number of hydrogen-bond donors (Lipinski definition) is 2. The average Bonchev–Trinajstić information content (AvgIpc) is 3.21. The van der Waals surface area contributed by atoms with E-state index in [9.17, 15) is 19.5 Å². The lowest BCUT2D eigenvalue weighted by Gasteiger charge is -2.33. The number of ether oxygens (including phenoxy) is 2. The quantitative estimate of drug-likeness (QED) is 0.650. The Kier molecular flexibility index (Phi) is 5.36. The monoisotopic (exact) mass is 482 g/mol. The summed E-state index contributed by atoms with van der Waals surface area (Å²) in [6.45, 7) is 5.49. The van der Waals surface area contributed by atoms with Crippen molar-refractivity contribution in [2.75, 3.05) is 30.1 Å². The Bertz CT molecular complexity index is 1160. The minimum Gasteiger partial charge on any atom is -0.482 e. The first-order valence-corrected chi connectivity index (χ1v) is 14.6. The van der Waals surface area contributed by atoms with E-state index in [0.717, 1.165) is 5.69 Å². The van der Waals surface area contributed by atoms with Crippen LogP contribution in [0.4, 0.5) is 17.1 Å². The lowest BCUT2D eigenvalue weighted by Crippen LogP contribution is -2.45. The van der Waals surface area contributed by atoms with Crippen LogP contribution in [0.1, 0.15) is 18.9 Å². The van der Waals surface area contributed by atoms with Crippen molar-refractivity contribution in [1.82, 2.24) is 0 Å². The first kappa shape index (κ1) is 23.0. The van der Waals surface area contributed by atoms with Gasteiger partial charge in [-0.3, -0.25) is 14.5 Å². The molecule has 2 amide bonds. The summed E-state index contributed by atoms with van der Waals surface area (Å²) in [6.07, 6.45) is -0.0980. The van der Waals surface area contributed by atoms with Crippen molar-refractivity contribution in [3.63, 3.8) is 0 Å². The van der Waals surface area contributed by atoms with E-state index < -0.39 is 20.0 Å². The third-order valence-corrected chi connectivity index (χ3v) is 9.98. The molecule has 9 heteroatoms. The third kappa shape index (κ3) is 3.14. The number of likely N-dealkylation sites (N-methyl/N-ethyl adjacent to an activating group) is 1. The minimum atomic E-state index is -2.75. The Morgan fingerprint density at radius 1 is 1.15 bits per heavy atom. The molecule has 34 heavy (non-hydrogen) atoms. The van der Waals surface area contributed by atoms with Gasteiger partial charge >= 0.3 is 0 Å². The van der Waals surface area contributed by atoms with Crippen molar-refractivity contribution in [2.24, 2.45) is 5.92 Å². The zero-order valence-electron chi connectivity index (χ0n) is 19.8. The lowest BCUT2D eigenvalue weighted by molar-refractivity contribution is -0.146. The smallest absolute Gasteiger partial charge is 0.269 e. The Morgan fingerprint density at radius 3 is 2.59 bits per heavy atom. The molecule has 180 valence electrons. The van der Waals surface area contributed by atoms with E-state index in [2.05, 4.69) is 0 Å². The van der Waals surface area contributed by atoms with Gasteiger partial charge in [-0.1, -0.05) is 19.1 Å². The fraction of sp³-hybridized carbons (Fsp3) is 0.440. The van der Waals surface area contributed by atoms with Gasteiger partial charge < -0.3 is 24.3 Å². The number of para-hydroxylation sites is 2. The van der Waals surface area contributed by atoms with E-state index in [0.29, 0.717) is 29.1 Å². The van der Waals surface area contributed by atoms with Crippen LogP contribution in [0.2, 0.25) is 18.6 Å². The zero-order valence-corrected chi connectivity index (χ0v) is 20.8. The molecular formula is C25H30N2O6Si. The van der Waals surface area contributed by atoms with Crippen molar-refractivity contribution in [3.8, 4) is 5.75 Å². The van der Waals surface area contributed by atoms with Gasteiger partial charge in [0, 0.05) is 36.4 Å². The van der Waals surface area contributed by atoms with Gasteiger partial charge in [-0.2, -0.15) is 0 Å². The molecule has 3 heterocycles. The Balaban J connectivity index is 1.66. The zero-order chi connectivity index (χ0) is 24.4. The van der Waals surface area contributed by atoms with Crippen molar-refractivity contribution in [3.05, 3.63) is 48.0 Å². The van der Waals surface area contributed by atoms with Crippen LogP contribution in [-0.2, 0) is 19.9 Å². The van der Waals surface area contributed by atoms with Crippen molar-refractivity contribution in [2.45, 2.75) is 43.7 Å². The molecule has 0 aliphatic carbocycles. The number of rotatable bonds is 4. The molecule has 1 saturated heterocycles. The molecule has 8 nitrogen and oxygen atoms in total. The van der Waals surface area contributed by atoms with Gasteiger partial charge in [-0.15, -0.1) is 0 Å². The summed E-state index contributed by atoms with van der Waals surface area (Å²) in [5.41, 5.74) is 1.15. The Morgan fingerprint density at radius 2 is 1.88 bits per heavy atom. The maximum absolute atomic E-state index is 13.7. The largest absolute Gasteiger partial charge is 0.482 e. The van der Waals surface area contributed by atoms with Gasteiger partial charge in [0.15, 0.2) is 20.5 Å². The molecule has 0 unspecified atom stereocenters. The van der Waals surface area contributed by atoms with Crippen molar-refractivity contribution < 1.29 is 29.0 Å². The molecule has 2 aromatic carbocycles. The maximum Gasteiger partial charge on any atom is 0.269 e. The van der Waals surface area contributed by atoms with Crippen LogP contribution in [0.3, 0.4) is 0 Å². The molecule has 1 spiro atoms. The highest BCUT2D eigenvalue weighted by Gasteiger charge is 2.65. The minimum absolute atomic E-state index is 0.0735. The number of benzene rings is 2. The summed E-state index contributed by atoms with van der Waals surface area (Å²) in [6, 6.07) is 12.9. The molecule has 1 fully saturated rings. The van der Waals surface area contributed by atoms with E-state index >= 15 is 0 Å². The van der Waals surface area contributed by atoms with E-state index in [1.54, 1.807) is 16.8 Å². The number of fused-ring (bicyclic) bond motifs is 3. The maximum atomic E-state index is 13.7. The Hall–Kier alpha value is -2.72. The van der Waals surface area contributed by atoms with E-state index in [-0.39, 0.29) is 36.5 Å². The topological polar surface area (TPSA) is 99.5 Å². The second kappa shape index (κ2) is 7.91. The second-order valence-corrected chi connectivity index (χ2v) is 13.9. The predicted octanol–water partition coefficient (Wildman–Crippen LogP) is 2.90. The summed E-state index contributed by atoms with van der Waals surface area (Å²) < 4.78 is 12.1. The molecule has 0 saturated carbocycles. The van der Waals surface area contributed by atoms with Crippen LogP contribution >= 0.6 is 0 Å². The number of aliphatic hydroxyl groups is 1. The molecule has 4 atom stereocenters.